The number of carbonyl (C=O) groups excluding carboxylic acids is 1. The molecule has 2 saturated heterocycles. The van der Waals surface area contributed by atoms with Crippen molar-refractivity contribution in [1.82, 2.24) is 9.88 Å². The summed E-state index contributed by atoms with van der Waals surface area (Å²) in [5.41, 5.74) is 6.94. The first-order valence-corrected chi connectivity index (χ1v) is 8.06. The quantitative estimate of drug-likeness (QED) is 0.802. The Morgan fingerprint density at radius 3 is 2.82 bits per heavy atom. The fraction of sp³-hybridized carbons (Fsp3) is 0.625. The number of nitrogen functional groups attached to an aromatic ring is 1. The molecule has 22 heavy (non-hydrogen) atoms. The Balaban J connectivity index is 1.81. The second kappa shape index (κ2) is 5.30. The van der Waals surface area contributed by atoms with E-state index in [-0.39, 0.29) is 24.1 Å². The molecule has 0 saturated carbocycles. The first kappa shape index (κ1) is 15.4. The lowest BCUT2D eigenvalue weighted by Gasteiger charge is -2.28. The fourth-order valence-electron chi connectivity index (χ4n) is 3.63. The second-order valence-corrected chi connectivity index (χ2v) is 7.54. The number of hydrogen-bond donors (Lipinski definition) is 1. The summed E-state index contributed by atoms with van der Waals surface area (Å²) < 4.78 is 5.56. The molecule has 6 heteroatoms. The van der Waals surface area contributed by atoms with Crippen LogP contribution in [0, 0.1) is 0 Å². The number of fused-ring (bicyclic) bond motifs is 2. The van der Waals surface area contributed by atoms with Gasteiger partial charge >= 0.3 is 6.09 Å². The maximum absolute atomic E-state index is 12.5. The van der Waals surface area contributed by atoms with Crippen molar-refractivity contribution in [2.75, 3.05) is 5.73 Å². The van der Waals surface area contributed by atoms with Crippen LogP contribution in [0.2, 0.25) is 5.15 Å². The highest BCUT2D eigenvalue weighted by Gasteiger charge is 2.50. The number of carbonyl (C=O) groups is 1. The average Bonchev–Trinajstić information content (AvgIpc) is 2.97. The zero-order chi connectivity index (χ0) is 16.1. The first-order valence-electron chi connectivity index (χ1n) is 7.68. The van der Waals surface area contributed by atoms with Gasteiger partial charge in [0.25, 0.3) is 0 Å². The van der Waals surface area contributed by atoms with Crippen LogP contribution in [0.5, 0.6) is 0 Å². The predicted molar refractivity (Wildman–Crippen MR) is 85.9 cm³/mol. The molecule has 0 spiro atoms. The molecule has 2 aliphatic rings. The van der Waals surface area contributed by atoms with E-state index in [2.05, 4.69) is 4.98 Å². The summed E-state index contributed by atoms with van der Waals surface area (Å²) in [6, 6.07) is 2.30. The van der Waals surface area contributed by atoms with Crippen molar-refractivity contribution in [3.63, 3.8) is 0 Å². The Bertz CT molecular complexity index is 600. The molecular weight excluding hydrogens is 302 g/mol. The van der Waals surface area contributed by atoms with Gasteiger partial charge in [0.05, 0.1) is 5.69 Å². The summed E-state index contributed by atoms with van der Waals surface area (Å²) in [5.74, 6) is 0.262. The second-order valence-electron chi connectivity index (χ2n) is 7.18. The lowest BCUT2D eigenvalue weighted by atomic mass is 9.84. The summed E-state index contributed by atoms with van der Waals surface area (Å²) in [5, 5.41) is 0.330. The van der Waals surface area contributed by atoms with E-state index in [0.29, 0.717) is 10.8 Å². The van der Waals surface area contributed by atoms with Crippen LogP contribution in [0.4, 0.5) is 10.5 Å². The number of aromatic nitrogens is 1. The molecule has 1 aromatic heterocycles. The SMILES string of the molecule is CC(C)(C)OC(=O)N1[C@@H]2CC[C@H]1[C@H](c1cnc(Cl)c(N)c1)C2. The third kappa shape index (κ3) is 2.74. The number of anilines is 1. The highest BCUT2D eigenvalue weighted by atomic mass is 35.5. The van der Waals surface area contributed by atoms with Gasteiger partial charge in [0, 0.05) is 24.2 Å². The van der Waals surface area contributed by atoms with Gasteiger partial charge in [-0.3, -0.25) is 0 Å². The molecule has 0 aliphatic carbocycles. The summed E-state index contributed by atoms with van der Waals surface area (Å²) in [6.45, 7) is 5.68. The largest absolute Gasteiger partial charge is 0.444 e. The lowest BCUT2D eigenvalue weighted by molar-refractivity contribution is 0.0213. The van der Waals surface area contributed by atoms with E-state index in [1.807, 2.05) is 31.7 Å². The minimum atomic E-state index is -0.471. The van der Waals surface area contributed by atoms with Gasteiger partial charge in [0.2, 0.25) is 0 Å². The van der Waals surface area contributed by atoms with Gasteiger partial charge in [-0.2, -0.15) is 0 Å². The Morgan fingerprint density at radius 1 is 1.45 bits per heavy atom. The standard InChI is InChI=1S/C16H22ClN3O2/c1-16(2,3)22-15(21)20-10-4-5-13(20)11(7-10)9-6-12(18)14(17)19-8-9/h6,8,10-11,13H,4-5,7,18H2,1-3H3/t10-,11+,13+/m1/s1. The van der Waals surface area contributed by atoms with Crippen molar-refractivity contribution in [3.05, 3.63) is 23.0 Å². The molecule has 0 radical (unpaired) electrons. The maximum atomic E-state index is 12.5. The molecule has 2 N–H and O–H groups in total. The van der Waals surface area contributed by atoms with Crippen LogP contribution in [0.1, 0.15) is 51.5 Å². The molecule has 2 aliphatic heterocycles. The van der Waals surface area contributed by atoms with E-state index in [4.69, 9.17) is 22.1 Å². The minimum absolute atomic E-state index is 0.169. The molecular formula is C16H22ClN3O2. The van der Waals surface area contributed by atoms with Gasteiger partial charge in [0.15, 0.2) is 5.15 Å². The molecule has 0 aromatic carbocycles. The number of amides is 1. The van der Waals surface area contributed by atoms with Gasteiger partial charge < -0.3 is 15.4 Å². The van der Waals surface area contributed by atoms with E-state index in [1.165, 1.54) is 0 Å². The van der Waals surface area contributed by atoms with Crippen LogP contribution in [0.3, 0.4) is 0 Å². The monoisotopic (exact) mass is 323 g/mol. The van der Waals surface area contributed by atoms with Crippen molar-refractivity contribution in [2.24, 2.45) is 0 Å². The lowest BCUT2D eigenvalue weighted by Crippen LogP contribution is -2.40. The topological polar surface area (TPSA) is 68.5 Å². The van der Waals surface area contributed by atoms with Gasteiger partial charge in [-0.15, -0.1) is 0 Å². The highest BCUT2D eigenvalue weighted by molar-refractivity contribution is 6.31. The Morgan fingerprint density at radius 2 is 2.18 bits per heavy atom. The third-order valence-electron chi connectivity index (χ3n) is 4.46. The van der Waals surface area contributed by atoms with Crippen LogP contribution < -0.4 is 5.73 Å². The third-order valence-corrected chi connectivity index (χ3v) is 4.77. The number of hydrogen-bond acceptors (Lipinski definition) is 4. The molecule has 120 valence electrons. The Kier molecular flexibility index (Phi) is 3.71. The van der Waals surface area contributed by atoms with Crippen LogP contribution >= 0.6 is 11.6 Å². The number of nitrogens with zero attached hydrogens (tertiary/aromatic N) is 2. The molecule has 2 fully saturated rings. The molecule has 0 unspecified atom stereocenters. The van der Waals surface area contributed by atoms with Gasteiger partial charge in [-0.1, -0.05) is 11.6 Å². The minimum Gasteiger partial charge on any atom is -0.444 e. The molecule has 5 nitrogen and oxygen atoms in total. The molecule has 3 atom stereocenters. The molecule has 3 heterocycles. The normalized spacial score (nSPS) is 27.3. The maximum Gasteiger partial charge on any atom is 0.410 e. The van der Waals surface area contributed by atoms with E-state index in [9.17, 15) is 4.79 Å². The number of pyridine rings is 1. The van der Waals surface area contributed by atoms with Crippen LogP contribution in [0.15, 0.2) is 12.3 Å². The van der Waals surface area contributed by atoms with E-state index in [0.717, 1.165) is 24.8 Å². The Hall–Kier alpha value is -1.49. The molecule has 3 rings (SSSR count). The first-order chi connectivity index (χ1) is 10.3. The van der Waals surface area contributed by atoms with Gasteiger partial charge in [-0.05, 0) is 51.7 Å². The molecule has 1 amide bonds. The van der Waals surface area contributed by atoms with Crippen molar-refractivity contribution >= 4 is 23.4 Å². The van der Waals surface area contributed by atoms with Crippen molar-refractivity contribution in [3.8, 4) is 0 Å². The number of halogens is 1. The van der Waals surface area contributed by atoms with Crippen LogP contribution in [-0.4, -0.2) is 33.7 Å². The molecule has 1 aromatic rings. The van der Waals surface area contributed by atoms with Gasteiger partial charge in [0.1, 0.15) is 5.60 Å². The average molecular weight is 324 g/mol. The molecule has 2 bridgehead atoms. The fourth-order valence-corrected chi connectivity index (χ4v) is 3.73. The summed E-state index contributed by atoms with van der Waals surface area (Å²) >= 11 is 5.90. The predicted octanol–water partition coefficient (Wildman–Crippen LogP) is 3.57. The van der Waals surface area contributed by atoms with Gasteiger partial charge in [-0.25, -0.2) is 9.78 Å². The highest BCUT2D eigenvalue weighted by Crippen LogP contribution is 2.47. The summed E-state index contributed by atoms with van der Waals surface area (Å²) in [6.07, 6.45) is 4.54. The summed E-state index contributed by atoms with van der Waals surface area (Å²) in [7, 11) is 0. The Labute approximate surface area is 135 Å². The van der Waals surface area contributed by atoms with Crippen LogP contribution in [-0.2, 0) is 4.74 Å². The van der Waals surface area contributed by atoms with Crippen molar-refractivity contribution in [2.45, 2.75) is 63.6 Å². The van der Waals surface area contributed by atoms with E-state index < -0.39 is 5.60 Å². The number of nitrogens with two attached hydrogens (primary N) is 1. The summed E-state index contributed by atoms with van der Waals surface area (Å²) in [4.78, 5) is 18.5. The van der Waals surface area contributed by atoms with Crippen LogP contribution in [0.25, 0.3) is 0 Å². The number of ether oxygens (including phenoxy) is 1. The number of rotatable bonds is 1. The smallest absolute Gasteiger partial charge is 0.410 e. The van der Waals surface area contributed by atoms with Crippen molar-refractivity contribution in [1.29, 1.82) is 0 Å². The van der Waals surface area contributed by atoms with E-state index >= 15 is 0 Å². The van der Waals surface area contributed by atoms with E-state index in [1.54, 1.807) is 6.20 Å². The zero-order valence-electron chi connectivity index (χ0n) is 13.2. The van der Waals surface area contributed by atoms with Crippen molar-refractivity contribution < 1.29 is 9.53 Å². The zero-order valence-corrected chi connectivity index (χ0v) is 13.9.